The Bertz CT molecular complexity index is 1530. The van der Waals surface area contributed by atoms with E-state index >= 15 is 0 Å². The highest BCUT2D eigenvalue weighted by Gasteiger charge is 2.50. The number of anilines is 2. The van der Waals surface area contributed by atoms with Crippen LogP contribution in [0.4, 0.5) is 17.1 Å². The lowest BCUT2D eigenvalue weighted by Gasteiger charge is -2.28. The number of hydrazone groups is 2. The minimum absolute atomic E-state index is 0.111. The quantitative estimate of drug-likeness (QED) is 0.284. The lowest BCUT2D eigenvalue weighted by Crippen LogP contribution is -2.40. The van der Waals surface area contributed by atoms with Crippen molar-refractivity contribution in [2.75, 3.05) is 10.0 Å². The van der Waals surface area contributed by atoms with Gasteiger partial charge in [0.1, 0.15) is 0 Å². The van der Waals surface area contributed by atoms with Crippen LogP contribution in [-0.2, 0) is 9.59 Å². The fourth-order valence-electron chi connectivity index (χ4n) is 5.49. The molecule has 2 aliphatic heterocycles. The molecule has 5 rings (SSSR count). The number of carbonyl (C=O) groups is 2. The summed E-state index contributed by atoms with van der Waals surface area (Å²) in [4.78, 5) is 39.3. The summed E-state index contributed by atoms with van der Waals surface area (Å²) in [6.45, 7) is 11.5. The number of carbonyl (C=O) groups excluding carboxylic acids is 2. The first-order valence-electron chi connectivity index (χ1n) is 13.1. The molecule has 0 saturated carbocycles. The minimum atomic E-state index is -0.817. The predicted octanol–water partition coefficient (Wildman–Crippen LogP) is 5.99. The zero-order valence-electron chi connectivity index (χ0n) is 23.4. The van der Waals surface area contributed by atoms with Crippen molar-refractivity contribution in [2.45, 2.75) is 47.5 Å². The summed E-state index contributed by atoms with van der Waals surface area (Å²) < 4.78 is 0. The fraction of sp³-hybridized carbons (Fsp3) is 0.290. The third kappa shape index (κ3) is 4.57. The molecule has 3 aromatic rings. The molecule has 0 N–H and O–H groups in total. The lowest BCUT2D eigenvalue weighted by atomic mass is 9.73. The number of nitrogens with zero attached hydrogens (tertiary/aromatic N) is 5. The van der Waals surface area contributed by atoms with Crippen LogP contribution in [0.1, 0.15) is 47.6 Å². The number of hydrogen-bond donors (Lipinski definition) is 0. The molecule has 2 amide bonds. The summed E-state index contributed by atoms with van der Waals surface area (Å²) in [6.07, 6.45) is 0. The van der Waals surface area contributed by atoms with Crippen molar-refractivity contribution in [2.24, 2.45) is 22.0 Å². The fourth-order valence-corrected chi connectivity index (χ4v) is 5.49. The van der Waals surface area contributed by atoms with E-state index < -0.39 is 22.7 Å². The van der Waals surface area contributed by atoms with E-state index in [-0.39, 0.29) is 17.5 Å². The molecule has 0 aliphatic carbocycles. The van der Waals surface area contributed by atoms with Crippen LogP contribution in [0.2, 0.25) is 0 Å². The molecule has 3 aromatic carbocycles. The molecule has 0 bridgehead atoms. The zero-order chi connectivity index (χ0) is 28.9. The Morgan fingerprint density at radius 2 is 1.18 bits per heavy atom. The van der Waals surface area contributed by atoms with Crippen molar-refractivity contribution >= 4 is 40.3 Å². The summed E-state index contributed by atoms with van der Waals surface area (Å²) >= 11 is 0. The second-order valence-electron chi connectivity index (χ2n) is 10.7. The monoisotopic (exact) mass is 537 g/mol. The second kappa shape index (κ2) is 10.1. The van der Waals surface area contributed by atoms with E-state index in [9.17, 15) is 19.7 Å². The van der Waals surface area contributed by atoms with Gasteiger partial charge >= 0.3 is 0 Å². The molecule has 1 unspecified atom stereocenters. The number of benzene rings is 3. The van der Waals surface area contributed by atoms with Gasteiger partial charge in [-0.1, -0.05) is 24.3 Å². The number of amides is 2. The maximum atomic E-state index is 14.1. The van der Waals surface area contributed by atoms with Gasteiger partial charge in [-0.15, -0.1) is 0 Å². The van der Waals surface area contributed by atoms with Crippen LogP contribution in [0.5, 0.6) is 0 Å². The van der Waals surface area contributed by atoms with E-state index in [2.05, 4.69) is 10.2 Å². The van der Waals surface area contributed by atoms with E-state index in [1.54, 1.807) is 26.0 Å². The van der Waals surface area contributed by atoms with Crippen molar-refractivity contribution in [3.8, 4) is 0 Å². The molecule has 0 aromatic heterocycles. The molecule has 3 atom stereocenters. The number of nitro benzene ring substituents is 1. The van der Waals surface area contributed by atoms with E-state index in [1.807, 2.05) is 64.1 Å². The van der Waals surface area contributed by atoms with E-state index in [0.29, 0.717) is 28.4 Å². The summed E-state index contributed by atoms with van der Waals surface area (Å²) in [5, 5.41) is 23.7. The number of non-ortho nitro benzene ring substituents is 1. The highest BCUT2D eigenvalue weighted by atomic mass is 16.6. The zero-order valence-corrected chi connectivity index (χ0v) is 23.4. The highest BCUT2D eigenvalue weighted by Crippen LogP contribution is 2.43. The Labute approximate surface area is 233 Å². The average Bonchev–Trinajstić information content (AvgIpc) is 3.38. The van der Waals surface area contributed by atoms with Crippen LogP contribution >= 0.6 is 0 Å². The Morgan fingerprint density at radius 1 is 0.700 bits per heavy atom. The number of aryl methyl sites for hydroxylation is 4. The number of rotatable bonds is 6. The molecule has 2 heterocycles. The average molecular weight is 538 g/mol. The van der Waals surface area contributed by atoms with E-state index in [4.69, 9.17) is 0 Å². The van der Waals surface area contributed by atoms with Gasteiger partial charge in [-0.05, 0) is 93.6 Å². The lowest BCUT2D eigenvalue weighted by molar-refractivity contribution is -0.384. The van der Waals surface area contributed by atoms with Gasteiger partial charge in [-0.3, -0.25) is 19.7 Å². The van der Waals surface area contributed by atoms with E-state index in [1.165, 1.54) is 22.2 Å². The van der Waals surface area contributed by atoms with Crippen LogP contribution in [0.15, 0.2) is 70.9 Å². The van der Waals surface area contributed by atoms with Gasteiger partial charge in [-0.2, -0.15) is 10.2 Å². The minimum Gasteiger partial charge on any atom is -0.272 e. The summed E-state index contributed by atoms with van der Waals surface area (Å²) in [6, 6.07) is 17.5. The number of hydrogen-bond acceptors (Lipinski definition) is 6. The Balaban J connectivity index is 1.60. The smallest absolute Gasteiger partial charge is 0.269 e. The standard InChI is InChI=1S/C31H31N5O4/c1-17-10-12-24(14-19(17)3)34-30(37)27(21(5)32-34)29(23-8-7-9-26(16-23)36(39)40)28-22(6)33-35(31(28)38)25-13-11-18(2)20(4)15-25/h7-16,27-29H,1-6H3/t27-,28+,29?. The normalized spacial score (nSPS) is 19.6. The first-order valence-corrected chi connectivity index (χ1v) is 13.1. The van der Waals surface area contributed by atoms with Gasteiger partial charge in [0.15, 0.2) is 0 Å². The first-order chi connectivity index (χ1) is 19.0. The Hall–Kier alpha value is -4.66. The Morgan fingerprint density at radius 3 is 1.60 bits per heavy atom. The van der Waals surface area contributed by atoms with Crippen molar-refractivity contribution < 1.29 is 14.5 Å². The molecule has 2 aliphatic rings. The molecule has 0 radical (unpaired) electrons. The van der Waals surface area contributed by atoms with Crippen molar-refractivity contribution in [3.05, 3.63) is 98.6 Å². The first kappa shape index (κ1) is 26.9. The Kier molecular flexibility index (Phi) is 6.83. The van der Waals surface area contributed by atoms with Gasteiger partial charge in [-0.25, -0.2) is 10.0 Å². The molecule has 0 saturated heterocycles. The third-order valence-corrected chi connectivity index (χ3v) is 8.02. The van der Waals surface area contributed by atoms with Gasteiger partial charge in [0, 0.05) is 29.5 Å². The maximum absolute atomic E-state index is 14.1. The van der Waals surface area contributed by atoms with Crippen LogP contribution < -0.4 is 10.0 Å². The SMILES string of the molecule is CC1=NN(c2ccc(C)c(C)c2)C(=O)[C@H]1C(c1cccc([N+](=O)[O-])c1)[C@H]1C(=O)N(c2ccc(C)c(C)c2)N=C1C. The topological polar surface area (TPSA) is 108 Å². The van der Waals surface area contributed by atoms with Crippen molar-refractivity contribution in [1.82, 2.24) is 0 Å². The second-order valence-corrected chi connectivity index (χ2v) is 10.7. The molecular weight excluding hydrogens is 506 g/mol. The molecule has 9 heteroatoms. The van der Waals surface area contributed by atoms with Gasteiger partial charge in [0.05, 0.1) is 28.1 Å². The summed E-state index contributed by atoms with van der Waals surface area (Å²) in [5.74, 6) is -2.96. The third-order valence-electron chi connectivity index (χ3n) is 8.02. The van der Waals surface area contributed by atoms with Crippen molar-refractivity contribution in [3.63, 3.8) is 0 Å². The van der Waals surface area contributed by atoms with Gasteiger partial charge in [0.2, 0.25) is 0 Å². The molecule has 9 nitrogen and oxygen atoms in total. The molecule has 204 valence electrons. The number of nitro groups is 1. The largest absolute Gasteiger partial charge is 0.272 e. The molecule has 40 heavy (non-hydrogen) atoms. The summed E-state index contributed by atoms with van der Waals surface area (Å²) in [7, 11) is 0. The highest BCUT2D eigenvalue weighted by molar-refractivity contribution is 6.19. The van der Waals surface area contributed by atoms with Gasteiger partial charge in [0.25, 0.3) is 17.5 Å². The van der Waals surface area contributed by atoms with Crippen molar-refractivity contribution in [1.29, 1.82) is 0 Å². The van der Waals surface area contributed by atoms with Crippen LogP contribution in [-0.4, -0.2) is 28.2 Å². The van der Waals surface area contributed by atoms with Crippen LogP contribution in [0, 0.1) is 49.6 Å². The molecule has 0 spiro atoms. The summed E-state index contributed by atoms with van der Waals surface area (Å²) in [5.41, 5.74) is 6.97. The maximum Gasteiger partial charge on any atom is 0.269 e. The van der Waals surface area contributed by atoms with Gasteiger partial charge < -0.3 is 0 Å². The molecular formula is C31H31N5O4. The predicted molar refractivity (Wildman–Crippen MR) is 156 cm³/mol. The molecule has 0 fully saturated rings. The van der Waals surface area contributed by atoms with Crippen LogP contribution in [0.3, 0.4) is 0 Å². The van der Waals surface area contributed by atoms with E-state index in [0.717, 1.165) is 22.3 Å². The van der Waals surface area contributed by atoms with Crippen LogP contribution in [0.25, 0.3) is 0 Å².